The third-order valence-electron chi connectivity index (χ3n) is 3.14. The van der Waals surface area contributed by atoms with Gasteiger partial charge in [-0.2, -0.15) is 13.2 Å². The van der Waals surface area contributed by atoms with Gasteiger partial charge >= 0.3 is 6.18 Å². The highest BCUT2D eigenvalue weighted by atomic mass is 19.4. The number of amides is 2. The molecule has 0 aromatic heterocycles. The van der Waals surface area contributed by atoms with Crippen LogP contribution in [0, 0.1) is 0 Å². The van der Waals surface area contributed by atoms with Crippen molar-refractivity contribution < 1.29 is 27.6 Å². The first-order chi connectivity index (χ1) is 9.75. The number of Topliss-reactive ketones (excluding diaryl/α,β-unsaturated/α-hetero) is 1. The SMILES string of the molecule is CNC(=O)CCN1C(=O)C(=O)c2cc(C(F)(F)F)ccc21. The molecule has 1 N–H and O–H groups in total. The van der Waals surface area contributed by atoms with Crippen LogP contribution in [0.25, 0.3) is 0 Å². The van der Waals surface area contributed by atoms with Gasteiger partial charge in [0, 0.05) is 20.0 Å². The Morgan fingerprint density at radius 1 is 1.29 bits per heavy atom. The normalized spacial score (nSPS) is 14.4. The average Bonchev–Trinajstić information content (AvgIpc) is 2.67. The summed E-state index contributed by atoms with van der Waals surface area (Å²) >= 11 is 0. The largest absolute Gasteiger partial charge is 0.416 e. The number of hydrogen-bond donors (Lipinski definition) is 1. The maximum absolute atomic E-state index is 12.6. The Morgan fingerprint density at radius 2 is 1.95 bits per heavy atom. The third kappa shape index (κ3) is 2.74. The van der Waals surface area contributed by atoms with Crippen LogP contribution in [0.5, 0.6) is 0 Å². The van der Waals surface area contributed by atoms with Gasteiger partial charge in [0.05, 0.1) is 16.8 Å². The molecular formula is C13H11F3N2O3. The lowest BCUT2D eigenvalue weighted by Crippen LogP contribution is -2.33. The number of rotatable bonds is 3. The first-order valence-electron chi connectivity index (χ1n) is 6.03. The lowest BCUT2D eigenvalue weighted by molar-refractivity contribution is -0.137. The molecule has 5 nitrogen and oxygen atoms in total. The van der Waals surface area contributed by atoms with Crippen LogP contribution in [0.15, 0.2) is 18.2 Å². The van der Waals surface area contributed by atoms with Gasteiger partial charge in [0.25, 0.3) is 11.7 Å². The minimum atomic E-state index is -4.59. The summed E-state index contributed by atoms with van der Waals surface area (Å²) in [5.74, 6) is -2.25. The van der Waals surface area contributed by atoms with E-state index < -0.39 is 23.4 Å². The lowest BCUT2D eigenvalue weighted by Gasteiger charge is -2.16. The standard InChI is InChI=1S/C13H11F3N2O3/c1-17-10(19)4-5-18-9-3-2-7(13(14,15)16)6-8(9)11(20)12(18)21/h2-3,6H,4-5H2,1H3,(H,17,19). The fourth-order valence-corrected chi connectivity index (χ4v) is 2.04. The molecule has 0 radical (unpaired) electrons. The summed E-state index contributed by atoms with van der Waals surface area (Å²) in [4.78, 5) is 35.7. The van der Waals surface area contributed by atoms with Gasteiger partial charge in [-0.1, -0.05) is 0 Å². The number of halogens is 3. The highest BCUT2D eigenvalue weighted by molar-refractivity contribution is 6.52. The van der Waals surface area contributed by atoms with Crippen LogP contribution in [0.3, 0.4) is 0 Å². The second-order valence-corrected chi connectivity index (χ2v) is 4.44. The van der Waals surface area contributed by atoms with E-state index in [1.165, 1.54) is 7.05 Å². The van der Waals surface area contributed by atoms with Crippen LogP contribution < -0.4 is 10.2 Å². The molecule has 0 saturated heterocycles. The van der Waals surface area contributed by atoms with Crippen LogP contribution >= 0.6 is 0 Å². The first kappa shape index (κ1) is 15.0. The highest BCUT2D eigenvalue weighted by Gasteiger charge is 2.39. The summed E-state index contributed by atoms with van der Waals surface area (Å²) in [5, 5.41) is 2.36. The van der Waals surface area contributed by atoms with Crippen LogP contribution in [0.1, 0.15) is 22.3 Å². The molecule has 0 unspecified atom stereocenters. The Balaban J connectivity index is 2.33. The molecule has 1 aliphatic rings. The molecule has 0 bridgehead atoms. The molecule has 1 aromatic carbocycles. The van der Waals surface area contributed by atoms with E-state index in [0.717, 1.165) is 17.0 Å². The Labute approximate surface area is 117 Å². The van der Waals surface area contributed by atoms with Crippen molar-refractivity contribution in [3.8, 4) is 0 Å². The zero-order valence-corrected chi connectivity index (χ0v) is 11.0. The van der Waals surface area contributed by atoms with E-state index in [-0.39, 0.29) is 30.1 Å². The molecular weight excluding hydrogens is 289 g/mol. The van der Waals surface area contributed by atoms with Crippen molar-refractivity contribution in [2.24, 2.45) is 0 Å². The number of nitrogens with zero attached hydrogens (tertiary/aromatic N) is 1. The molecule has 112 valence electrons. The van der Waals surface area contributed by atoms with Crippen molar-refractivity contribution in [3.63, 3.8) is 0 Å². The van der Waals surface area contributed by atoms with Gasteiger partial charge in [-0.05, 0) is 18.2 Å². The maximum Gasteiger partial charge on any atom is 0.416 e. The predicted octanol–water partition coefficient (Wildman–Crippen LogP) is 1.37. The lowest BCUT2D eigenvalue weighted by atomic mass is 10.1. The van der Waals surface area contributed by atoms with Crippen molar-refractivity contribution in [3.05, 3.63) is 29.3 Å². The fourth-order valence-electron chi connectivity index (χ4n) is 2.04. The Kier molecular flexibility index (Phi) is 3.71. The number of carbonyl (C=O) groups excluding carboxylic acids is 3. The van der Waals surface area contributed by atoms with Gasteiger partial charge in [-0.25, -0.2) is 0 Å². The number of carbonyl (C=O) groups is 3. The molecule has 1 heterocycles. The Bertz CT molecular complexity index is 626. The minimum Gasteiger partial charge on any atom is -0.359 e. The van der Waals surface area contributed by atoms with Gasteiger partial charge in [-0.15, -0.1) is 0 Å². The Morgan fingerprint density at radius 3 is 2.52 bits per heavy atom. The van der Waals surface area contributed by atoms with Gasteiger partial charge in [0.15, 0.2) is 0 Å². The van der Waals surface area contributed by atoms with E-state index in [4.69, 9.17) is 0 Å². The summed E-state index contributed by atoms with van der Waals surface area (Å²) in [5.41, 5.74) is -1.18. The van der Waals surface area contributed by atoms with E-state index in [9.17, 15) is 27.6 Å². The topological polar surface area (TPSA) is 66.5 Å². The number of fused-ring (bicyclic) bond motifs is 1. The molecule has 2 rings (SSSR count). The molecule has 8 heteroatoms. The predicted molar refractivity (Wildman–Crippen MR) is 66.8 cm³/mol. The van der Waals surface area contributed by atoms with E-state index in [2.05, 4.69) is 5.32 Å². The van der Waals surface area contributed by atoms with Gasteiger partial charge in [0.2, 0.25) is 5.91 Å². The molecule has 0 saturated carbocycles. The number of anilines is 1. The van der Waals surface area contributed by atoms with Crippen molar-refractivity contribution in [2.75, 3.05) is 18.5 Å². The second-order valence-electron chi connectivity index (χ2n) is 4.44. The number of nitrogens with one attached hydrogen (secondary N) is 1. The monoisotopic (exact) mass is 300 g/mol. The van der Waals surface area contributed by atoms with Gasteiger partial charge in [-0.3, -0.25) is 14.4 Å². The van der Waals surface area contributed by atoms with E-state index in [1.807, 2.05) is 0 Å². The van der Waals surface area contributed by atoms with E-state index in [1.54, 1.807) is 0 Å². The molecule has 21 heavy (non-hydrogen) atoms. The van der Waals surface area contributed by atoms with Crippen molar-refractivity contribution >= 4 is 23.3 Å². The van der Waals surface area contributed by atoms with Crippen molar-refractivity contribution in [1.29, 1.82) is 0 Å². The van der Waals surface area contributed by atoms with Crippen LogP contribution in [0.2, 0.25) is 0 Å². The van der Waals surface area contributed by atoms with Gasteiger partial charge in [0.1, 0.15) is 0 Å². The quantitative estimate of drug-likeness (QED) is 0.857. The summed E-state index contributed by atoms with van der Waals surface area (Å²) in [6.07, 6.45) is -4.64. The minimum absolute atomic E-state index is 0.0457. The zero-order valence-electron chi connectivity index (χ0n) is 11.0. The molecule has 0 aliphatic carbocycles. The van der Waals surface area contributed by atoms with Crippen molar-refractivity contribution in [2.45, 2.75) is 12.6 Å². The summed E-state index contributed by atoms with van der Waals surface area (Å²) in [6, 6.07) is 2.54. The number of alkyl halides is 3. The number of benzene rings is 1. The smallest absolute Gasteiger partial charge is 0.359 e. The van der Waals surface area contributed by atoms with Crippen LogP contribution in [0.4, 0.5) is 18.9 Å². The molecule has 1 aromatic rings. The van der Waals surface area contributed by atoms with Crippen molar-refractivity contribution in [1.82, 2.24) is 5.32 Å². The summed E-state index contributed by atoms with van der Waals surface area (Å²) in [6.45, 7) is -0.0669. The first-order valence-corrected chi connectivity index (χ1v) is 6.03. The molecule has 0 spiro atoms. The van der Waals surface area contributed by atoms with E-state index >= 15 is 0 Å². The summed E-state index contributed by atoms with van der Waals surface area (Å²) in [7, 11) is 1.42. The average molecular weight is 300 g/mol. The molecule has 0 fully saturated rings. The molecule has 0 atom stereocenters. The zero-order chi connectivity index (χ0) is 15.8. The maximum atomic E-state index is 12.6. The second kappa shape index (κ2) is 5.19. The third-order valence-corrected chi connectivity index (χ3v) is 3.14. The van der Waals surface area contributed by atoms with Crippen LogP contribution in [-0.2, 0) is 15.8 Å². The number of hydrogen-bond acceptors (Lipinski definition) is 3. The highest BCUT2D eigenvalue weighted by Crippen LogP contribution is 2.36. The van der Waals surface area contributed by atoms with Crippen LogP contribution in [-0.4, -0.2) is 31.2 Å². The number of ketones is 1. The summed E-state index contributed by atoms with van der Waals surface area (Å²) < 4.78 is 37.8. The fraction of sp³-hybridized carbons (Fsp3) is 0.308. The Hall–Kier alpha value is -2.38. The molecule has 2 amide bonds. The molecule has 1 aliphatic heterocycles. The van der Waals surface area contributed by atoms with Gasteiger partial charge < -0.3 is 10.2 Å². The van der Waals surface area contributed by atoms with E-state index in [0.29, 0.717) is 6.07 Å².